The molecule has 1 N–H and O–H groups in total. The highest BCUT2D eigenvalue weighted by Crippen LogP contribution is 2.30. The molecule has 0 radical (unpaired) electrons. The number of halogens is 4. The summed E-state index contributed by atoms with van der Waals surface area (Å²) in [6.07, 6.45) is -3.99. The topological polar surface area (TPSA) is 83.9 Å². The molecule has 0 atom stereocenters. The molecule has 0 amide bonds. The zero-order chi connectivity index (χ0) is 27.9. The molecule has 0 aliphatic rings. The number of carboxylic acid groups (broad SMARTS) is 1. The number of hydrogen-bond acceptors (Lipinski definition) is 5. The highest BCUT2D eigenvalue weighted by molar-refractivity contribution is 7.90. The van der Waals surface area contributed by atoms with Crippen molar-refractivity contribution in [1.82, 2.24) is 4.90 Å². The number of nitrogens with zero attached hydrogens (tertiary/aromatic N) is 1. The first-order valence-corrected chi connectivity index (χ1v) is 13.5. The molecule has 6 nitrogen and oxygen atoms in total. The average molecular weight is 554 g/mol. The smallest absolute Gasteiger partial charge is 0.416 e. The van der Waals surface area contributed by atoms with Gasteiger partial charge in [0.15, 0.2) is 9.84 Å². The minimum Gasteiger partial charge on any atom is -0.493 e. The van der Waals surface area contributed by atoms with Crippen molar-refractivity contribution < 1.29 is 40.6 Å². The molecule has 0 aliphatic carbocycles. The lowest BCUT2D eigenvalue weighted by Crippen LogP contribution is -2.25. The maximum Gasteiger partial charge on any atom is 0.416 e. The summed E-state index contributed by atoms with van der Waals surface area (Å²) in [6.45, 7) is 1.20. The summed E-state index contributed by atoms with van der Waals surface area (Å²) in [5, 5.41) is 8.99. The van der Waals surface area contributed by atoms with E-state index in [1.807, 2.05) is 35.2 Å². The first-order valence-electron chi connectivity index (χ1n) is 11.6. The predicted octanol–water partition coefficient (Wildman–Crippen LogP) is 5.35. The molecule has 0 fully saturated rings. The standard InChI is InChI=1S/C27H27F4NO5S/c1-38(35,36)25-15-22(14-24(28)23(25)16-26(33)34)37-12-6-11-32(17-19-7-3-2-4-8-19)18-20-9-5-10-21(13-20)27(29,30)31/h2-5,7-10,13-15H,6,11-12,16-18H2,1H3,(H,33,34). The third-order valence-corrected chi connectivity index (χ3v) is 6.82. The highest BCUT2D eigenvalue weighted by atomic mass is 32.2. The summed E-state index contributed by atoms with van der Waals surface area (Å²) in [7, 11) is -3.92. The van der Waals surface area contributed by atoms with Crippen molar-refractivity contribution in [2.75, 3.05) is 19.4 Å². The molecule has 3 rings (SSSR count). The van der Waals surface area contributed by atoms with Gasteiger partial charge in [0, 0.05) is 37.5 Å². The number of sulfone groups is 1. The van der Waals surface area contributed by atoms with Gasteiger partial charge in [0.2, 0.25) is 0 Å². The van der Waals surface area contributed by atoms with E-state index < -0.39 is 50.2 Å². The number of alkyl halides is 3. The van der Waals surface area contributed by atoms with Crippen LogP contribution >= 0.6 is 0 Å². The molecule has 3 aromatic carbocycles. The second-order valence-electron chi connectivity index (χ2n) is 8.82. The van der Waals surface area contributed by atoms with E-state index in [0.29, 0.717) is 25.1 Å². The van der Waals surface area contributed by atoms with Gasteiger partial charge in [-0.25, -0.2) is 12.8 Å². The number of carboxylic acids is 1. The summed E-state index contributed by atoms with van der Waals surface area (Å²) in [5.41, 5.74) is 0.287. The first-order chi connectivity index (χ1) is 17.8. The van der Waals surface area contributed by atoms with Gasteiger partial charge in [0.1, 0.15) is 11.6 Å². The molecular formula is C27H27F4NO5S. The zero-order valence-electron chi connectivity index (χ0n) is 20.5. The van der Waals surface area contributed by atoms with Crippen LogP contribution in [0.25, 0.3) is 0 Å². The van der Waals surface area contributed by atoms with E-state index in [9.17, 15) is 30.8 Å². The molecule has 0 spiro atoms. The molecule has 0 saturated carbocycles. The van der Waals surface area contributed by atoms with Crippen LogP contribution in [0, 0.1) is 5.82 Å². The summed E-state index contributed by atoms with van der Waals surface area (Å²) >= 11 is 0. The number of aliphatic carboxylic acids is 1. The third-order valence-electron chi connectivity index (χ3n) is 5.65. The van der Waals surface area contributed by atoms with Crippen LogP contribution in [-0.4, -0.2) is 43.8 Å². The molecule has 204 valence electrons. The van der Waals surface area contributed by atoms with E-state index >= 15 is 0 Å². The number of ether oxygens (including phenoxy) is 1. The van der Waals surface area contributed by atoms with Gasteiger partial charge in [-0.2, -0.15) is 13.2 Å². The summed E-state index contributed by atoms with van der Waals surface area (Å²) < 4.78 is 83.8. The first kappa shape index (κ1) is 29.1. The zero-order valence-corrected chi connectivity index (χ0v) is 21.4. The van der Waals surface area contributed by atoms with E-state index in [4.69, 9.17) is 9.84 Å². The Hall–Kier alpha value is -3.44. The molecule has 11 heteroatoms. The number of benzene rings is 3. The Kier molecular flexibility index (Phi) is 9.50. The second kappa shape index (κ2) is 12.4. The fraction of sp³-hybridized carbons (Fsp3) is 0.296. The Labute approximate surface area is 218 Å². The minimum atomic E-state index is -4.45. The minimum absolute atomic E-state index is 0.0643. The molecule has 3 aromatic rings. The van der Waals surface area contributed by atoms with Gasteiger partial charge >= 0.3 is 12.1 Å². The van der Waals surface area contributed by atoms with Crippen molar-refractivity contribution in [3.63, 3.8) is 0 Å². The van der Waals surface area contributed by atoms with E-state index in [1.165, 1.54) is 6.07 Å². The van der Waals surface area contributed by atoms with Gasteiger partial charge in [0.05, 0.1) is 23.5 Å². The van der Waals surface area contributed by atoms with Crippen LogP contribution in [-0.2, 0) is 40.3 Å². The Morgan fingerprint density at radius 2 is 1.63 bits per heavy atom. The average Bonchev–Trinajstić information content (AvgIpc) is 2.82. The fourth-order valence-electron chi connectivity index (χ4n) is 3.96. The Balaban J connectivity index is 1.71. The SMILES string of the molecule is CS(=O)(=O)c1cc(OCCCN(Cc2ccccc2)Cc2cccc(C(F)(F)F)c2)cc(F)c1CC(=O)O. The Morgan fingerprint density at radius 3 is 2.26 bits per heavy atom. The quantitative estimate of drug-likeness (QED) is 0.241. The van der Waals surface area contributed by atoms with Crippen LogP contribution in [0.4, 0.5) is 17.6 Å². The van der Waals surface area contributed by atoms with Crippen molar-refractivity contribution in [3.8, 4) is 5.75 Å². The third kappa shape index (κ3) is 8.56. The van der Waals surface area contributed by atoms with E-state index in [2.05, 4.69) is 0 Å². The number of hydrogen-bond donors (Lipinski definition) is 1. The van der Waals surface area contributed by atoms with Crippen molar-refractivity contribution in [3.05, 3.63) is 94.8 Å². The molecule has 0 bridgehead atoms. The lowest BCUT2D eigenvalue weighted by Gasteiger charge is -2.23. The fourth-order valence-corrected chi connectivity index (χ4v) is 4.91. The van der Waals surface area contributed by atoms with Crippen LogP contribution < -0.4 is 4.74 Å². The summed E-state index contributed by atoms with van der Waals surface area (Å²) in [4.78, 5) is 12.5. The van der Waals surface area contributed by atoms with Gasteiger partial charge < -0.3 is 9.84 Å². The van der Waals surface area contributed by atoms with Crippen molar-refractivity contribution in [2.45, 2.75) is 37.0 Å². The normalized spacial score (nSPS) is 12.1. The molecule has 0 heterocycles. The van der Waals surface area contributed by atoms with Crippen LogP contribution in [0.5, 0.6) is 5.75 Å². The van der Waals surface area contributed by atoms with E-state index in [0.717, 1.165) is 36.1 Å². The van der Waals surface area contributed by atoms with Crippen LogP contribution in [0.2, 0.25) is 0 Å². The van der Waals surface area contributed by atoms with Crippen LogP contribution in [0.15, 0.2) is 71.6 Å². The number of rotatable bonds is 12. The summed E-state index contributed by atoms with van der Waals surface area (Å²) in [6, 6.07) is 16.6. The molecule has 0 saturated heterocycles. The predicted molar refractivity (Wildman–Crippen MR) is 133 cm³/mol. The van der Waals surface area contributed by atoms with Crippen molar-refractivity contribution in [2.24, 2.45) is 0 Å². The van der Waals surface area contributed by atoms with Gasteiger partial charge in [-0.3, -0.25) is 9.69 Å². The maximum atomic E-state index is 14.5. The van der Waals surface area contributed by atoms with Crippen molar-refractivity contribution >= 4 is 15.8 Å². The van der Waals surface area contributed by atoms with E-state index in [-0.39, 0.29) is 18.9 Å². The monoisotopic (exact) mass is 553 g/mol. The molecule has 0 unspecified atom stereocenters. The van der Waals surface area contributed by atoms with Gasteiger partial charge in [-0.1, -0.05) is 48.5 Å². The molecule has 38 heavy (non-hydrogen) atoms. The second-order valence-corrected chi connectivity index (χ2v) is 10.8. The lowest BCUT2D eigenvalue weighted by atomic mass is 10.1. The lowest BCUT2D eigenvalue weighted by molar-refractivity contribution is -0.138. The molecular weight excluding hydrogens is 526 g/mol. The van der Waals surface area contributed by atoms with Gasteiger partial charge in [-0.15, -0.1) is 0 Å². The summed E-state index contributed by atoms with van der Waals surface area (Å²) in [5.74, 6) is -2.44. The van der Waals surface area contributed by atoms with E-state index in [1.54, 1.807) is 6.07 Å². The van der Waals surface area contributed by atoms with Crippen molar-refractivity contribution in [1.29, 1.82) is 0 Å². The Bertz CT molecular complexity index is 1360. The van der Waals surface area contributed by atoms with Gasteiger partial charge in [0.25, 0.3) is 0 Å². The van der Waals surface area contributed by atoms with Gasteiger partial charge in [-0.05, 0) is 29.7 Å². The number of carbonyl (C=O) groups is 1. The molecule has 0 aromatic heterocycles. The maximum absolute atomic E-state index is 14.5. The largest absolute Gasteiger partial charge is 0.493 e. The molecule has 0 aliphatic heterocycles. The highest BCUT2D eigenvalue weighted by Gasteiger charge is 2.30. The van der Waals surface area contributed by atoms with Crippen LogP contribution in [0.1, 0.15) is 28.7 Å². The Morgan fingerprint density at radius 1 is 0.974 bits per heavy atom. The van der Waals surface area contributed by atoms with Crippen LogP contribution in [0.3, 0.4) is 0 Å².